The highest BCUT2D eigenvalue weighted by molar-refractivity contribution is 5.80. The molecule has 0 fully saturated rings. The Hall–Kier alpha value is -2.02. The van der Waals surface area contributed by atoms with Gasteiger partial charge in [-0.2, -0.15) is 5.26 Å². The number of benzene rings is 1. The molecule has 1 aromatic carbocycles. The van der Waals surface area contributed by atoms with Crippen LogP contribution in [0.25, 0.3) is 0 Å². The molecule has 0 saturated carbocycles. The van der Waals surface area contributed by atoms with Gasteiger partial charge in [-0.25, -0.2) is 0 Å². The average molecular weight is 246 g/mol. The third kappa shape index (κ3) is 3.49. The van der Waals surface area contributed by atoms with Crippen LogP contribution in [0.5, 0.6) is 5.75 Å². The Morgan fingerprint density at radius 2 is 2.06 bits per heavy atom. The fourth-order valence-corrected chi connectivity index (χ4v) is 1.67. The standard InChI is InChI=1S/C14H18N2O2/c1-4-12(9-15)14(17)16(2)10-11-5-7-13(18-3)8-6-11/h5-8,12H,4,10H2,1-3H3. The van der Waals surface area contributed by atoms with E-state index in [1.54, 1.807) is 19.1 Å². The van der Waals surface area contributed by atoms with Crippen molar-refractivity contribution in [1.82, 2.24) is 4.90 Å². The minimum absolute atomic E-state index is 0.129. The Morgan fingerprint density at radius 3 is 2.50 bits per heavy atom. The fourth-order valence-electron chi connectivity index (χ4n) is 1.67. The van der Waals surface area contributed by atoms with E-state index in [1.807, 2.05) is 37.3 Å². The number of carbonyl (C=O) groups is 1. The van der Waals surface area contributed by atoms with Crippen LogP contribution in [0.15, 0.2) is 24.3 Å². The van der Waals surface area contributed by atoms with Gasteiger partial charge in [0.05, 0.1) is 13.2 Å². The lowest BCUT2D eigenvalue weighted by Gasteiger charge is -2.19. The average Bonchev–Trinajstić information content (AvgIpc) is 2.40. The maximum atomic E-state index is 11.9. The van der Waals surface area contributed by atoms with Crippen LogP contribution in [-0.2, 0) is 11.3 Å². The molecule has 0 aliphatic heterocycles. The molecule has 0 heterocycles. The molecule has 1 rings (SSSR count). The summed E-state index contributed by atoms with van der Waals surface area (Å²) in [5, 5.41) is 8.87. The van der Waals surface area contributed by atoms with E-state index in [2.05, 4.69) is 0 Å². The lowest BCUT2D eigenvalue weighted by Crippen LogP contribution is -2.31. The van der Waals surface area contributed by atoms with Crippen molar-refractivity contribution >= 4 is 5.91 Å². The van der Waals surface area contributed by atoms with E-state index in [1.165, 1.54) is 0 Å². The lowest BCUT2D eigenvalue weighted by molar-refractivity contribution is -0.133. The molecule has 1 unspecified atom stereocenters. The number of methoxy groups -OCH3 is 1. The lowest BCUT2D eigenvalue weighted by atomic mass is 10.1. The van der Waals surface area contributed by atoms with Gasteiger partial charge in [0, 0.05) is 13.6 Å². The van der Waals surface area contributed by atoms with Crippen LogP contribution in [0.3, 0.4) is 0 Å². The molecular weight excluding hydrogens is 228 g/mol. The van der Waals surface area contributed by atoms with Gasteiger partial charge in [-0.05, 0) is 24.1 Å². The van der Waals surface area contributed by atoms with Gasteiger partial charge in [-0.3, -0.25) is 4.79 Å². The molecule has 1 amide bonds. The molecule has 1 aromatic rings. The van der Waals surface area contributed by atoms with Crippen LogP contribution in [0.1, 0.15) is 18.9 Å². The van der Waals surface area contributed by atoms with E-state index >= 15 is 0 Å². The van der Waals surface area contributed by atoms with Crippen molar-refractivity contribution in [3.63, 3.8) is 0 Å². The first-order valence-corrected chi connectivity index (χ1v) is 5.89. The largest absolute Gasteiger partial charge is 0.497 e. The predicted octanol–water partition coefficient (Wildman–Crippen LogP) is 2.20. The molecule has 0 aliphatic carbocycles. The Kier molecular flexibility index (Phi) is 5.19. The highest BCUT2D eigenvalue weighted by Gasteiger charge is 2.19. The molecule has 0 aliphatic rings. The van der Waals surface area contributed by atoms with E-state index < -0.39 is 5.92 Å². The highest BCUT2D eigenvalue weighted by Crippen LogP contribution is 2.14. The molecule has 0 radical (unpaired) electrons. The second kappa shape index (κ2) is 6.65. The van der Waals surface area contributed by atoms with Crippen LogP contribution in [0, 0.1) is 17.2 Å². The summed E-state index contributed by atoms with van der Waals surface area (Å²) in [6, 6.07) is 9.56. The topological polar surface area (TPSA) is 53.3 Å². The van der Waals surface area contributed by atoms with Gasteiger partial charge in [-0.15, -0.1) is 0 Å². The van der Waals surface area contributed by atoms with Crippen LogP contribution in [0.2, 0.25) is 0 Å². The minimum Gasteiger partial charge on any atom is -0.497 e. The van der Waals surface area contributed by atoms with Crippen molar-refractivity contribution < 1.29 is 9.53 Å². The molecule has 0 N–H and O–H groups in total. The molecule has 0 bridgehead atoms. The van der Waals surface area contributed by atoms with Gasteiger partial charge >= 0.3 is 0 Å². The molecular formula is C14H18N2O2. The van der Waals surface area contributed by atoms with Crippen molar-refractivity contribution in [2.75, 3.05) is 14.2 Å². The van der Waals surface area contributed by atoms with Crippen molar-refractivity contribution in [2.45, 2.75) is 19.9 Å². The first-order valence-electron chi connectivity index (χ1n) is 5.89. The van der Waals surface area contributed by atoms with Crippen molar-refractivity contribution in [1.29, 1.82) is 5.26 Å². The summed E-state index contributed by atoms with van der Waals surface area (Å²) in [6.45, 7) is 2.34. The van der Waals surface area contributed by atoms with E-state index in [0.717, 1.165) is 11.3 Å². The Balaban J connectivity index is 2.66. The maximum Gasteiger partial charge on any atom is 0.239 e. The minimum atomic E-state index is -0.548. The molecule has 0 spiro atoms. The summed E-state index contributed by atoms with van der Waals surface area (Å²) < 4.78 is 5.07. The van der Waals surface area contributed by atoms with Gasteiger partial charge in [0.2, 0.25) is 5.91 Å². The van der Waals surface area contributed by atoms with E-state index in [4.69, 9.17) is 10.00 Å². The summed E-state index contributed by atoms with van der Waals surface area (Å²) in [6.07, 6.45) is 0.544. The maximum absolute atomic E-state index is 11.9. The van der Waals surface area contributed by atoms with Crippen molar-refractivity contribution in [2.24, 2.45) is 5.92 Å². The number of ether oxygens (including phenoxy) is 1. The third-order valence-corrected chi connectivity index (χ3v) is 2.82. The Bertz CT molecular complexity index is 434. The Labute approximate surface area is 108 Å². The SMILES string of the molecule is CCC(C#N)C(=O)N(C)Cc1ccc(OC)cc1. The quantitative estimate of drug-likeness (QED) is 0.800. The van der Waals surface area contributed by atoms with Crippen molar-refractivity contribution in [3.8, 4) is 11.8 Å². The first-order chi connectivity index (χ1) is 8.62. The van der Waals surface area contributed by atoms with Gasteiger partial charge < -0.3 is 9.64 Å². The third-order valence-electron chi connectivity index (χ3n) is 2.82. The van der Waals surface area contributed by atoms with Crippen LogP contribution >= 0.6 is 0 Å². The summed E-state index contributed by atoms with van der Waals surface area (Å²) in [7, 11) is 3.33. The summed E-state index contributed by atoms with van der Waals surface area (Å²) >= 11 is 0. The number of rotatable bonds is 5. The zero-order valence-corrected chi connectivity index (χ0v) is 11.0. The molecule has 1 atom stereocenters. The van der Waals surface area contributed by atoms with Crippen LogP contribution in [0.4, 0.5) is 0 Å². The molecule has 4 heteroatoms. The number of carbonyl (C=O) groups excluding carboxylic acids is 1. The van der Waals surface area contributed by atoms with E-state index in [-0.39, 0.29) is 5.91 Å². The number of hydrogen-bond acceptors (Lipinski definition) is 3. The first kappa shape index (κ1) is 14.0. The van der Waals surface area contributed by atoms with E-state index in [0.29, 0.717) is 13.0 Å². The number of nitriles is 1. The second-order valence-electron chi connectivity index (χ2n) is 4.13. The summed E-state index contributed by atoms with van der Waals surface area (Å²) in [4.78, 5) is 13.5. The predicted molar refractivity (Wildman–Crippen MR) is 68.9 cm³/mol. The smallest absolute Gasteiger partial charge is 0.239 e. The van der Waals surface area contributed by atoms with E-state index in [9.17, 15) is 4.79 Å². The summed E-state index contributed by atoms with van der Waals surface area (Å²) in [5.74, 6) is 0.111. The van der Waals surface area contributed by atoms with Gasteiger partial charge in [0.1, 0.15) is 11.7 Å². The number of nitrogens with zero attached hydrogens (tertiary/aromatic N) is 2. The highest BCUT2D eigenvalue weighted by atomic mass is 16.5. The monoisotopic (exact) mass is 246 g/mol. The van der Waals surface area contributed by atoms with Gasteiger partial charge in [-0.1, -0.05) is 19.1 Å². The molecule has 96 valence electrons. The van der Waals surface area contributed by atoms with Crippen LogP contribution in [-0.4, -0.2) is 25.0 Å². The van der Waals surface area contributed by atoms with Crippen LogP contribution < -0.4 is 4.74 Å². The second-order valence-corrected chi connectivity index (χ2v) is 4.13. The zero-order chi connectivity index (χ0) is 13.5. The zero-order valence-electron chi connectivity index (χ0n) is 11.0. The summed E-state index contributed by atoms with van der Waals surface area (Å²) in [5.41, 5.74) is 1.01. The van der Waals surface area contributed by atoms with Gasteiger partial charge in [0.25, 0.3) is 0 Å². The van der Waals surface area contributed by atoms with Gasteiger partial charge in [0.15, 0.2) is 0 Å². The Morgan fingerprint density at radius 1 is 1.44 bits per heavy atom. The molecule has 0 aromatic heterocycles. The molecule has 0 saturated heterocycles. The number of amides is 1. The normalized spacial score (nSPS) is 11.4. The molecule has 4 nitrogen and oxygen atoms in total. The van der Waals surface area contributed by atoms with Crippen molar-refractivity contribution in [3.05, 3.63) is 29.8 Å². The fraction of sp³-hybridized carbons (Fsp3) is 0.429. The molecule has 18 heavy (non-hydrogen) atoms. The number of hydrogen-bond donors (Lipinski definition) is 0.